The minimum Gasteiger partial charge on any atom is -0.289 e. The molecule has 0 fully saturated rings. The van der Waals surface area contributed by atoms with E-state index < -0.39 is 0 Å². The van der Waals surface area contributed by atoms with Gasteiger partial charge in [0, 0.05) is 0 Å². The van der Waals surface area contributed by atoms with E-state index in [4.69, 9.17) is 5.26 Å². The van der Waals surface area contributed by atoms with Crippen LogP contribution in [0.15, 0.2) is 35.1 Å². The van der Waals surface area contributed by atoms with Crippen molar-refractivity contribution in [1.29, 1.82) is 5.26 Å². The van der Waals surface area contributed by atoms with Crippen molar-refractivity contribution < 1.29 is 4.79 Å². The molecule has 1 aromatic carbocycles. The summed E-state index contributed by atoms with van der Waals surface area (Å²) in [5.74, 6) is 1.43. The Balaban J connectivity index is 3.52. The first-order chi connectivity index (χ1) is 6.29. The summed E-state index contributed by atoms with van der Waals surface area (Å²) in [6.45, 7) is 0. The van der Waals surface area contributed by atoms with Gasteiger partial charge in [-0.1, -0.05) is 18.2 Å². The molecule has 62 valence electrons. The van der Waals surface area contributed by atoms with Crippen molar-refractivity contribution in [3.05, 3.63) is 46.1 Å². The van der Waals surface area contributed by atoms with Crippen molar-refractivity contribution in [2.24, 2.45) is 0 Å². The number of nitriles is 1. The molecule has 0 heterocycles. The van der Waals surface area contributed by atoms with E-state index in [-0.39, 0.29) is 16.6 Å². The topological polar surface area (TPSA) is 57.9 Å². The predicted molar refractivity (Wildman–Crippen MR) is 47.4 cm³/mol. The van der Waals surface area contributed by atoms with Gasteiger partial charge in [-0.3, -0.25) is 4.79 Å². The average Bonchev–Trinajstić information content (AvgIpc) is 2.34. The lowest BCUT2D eigenvalue weighted by Crippen LogP contribution is -2.02. The molecule has 1 aromatic rings. The van der Waals surface area contributed by atoms with Gasteiger partial charge in [0.25, 0.3) is 0 Å². The molecule has 0 atom stereocenters. The summed E-state index contributed by atoms with van der Waals surface area (Å²) in [5.41, 5.74) is -0.534. The van der Waals surface area contributed by atoms with Crippen molar-refractivity contribution >= 4 is 11.5 Å². The van der Waals surface area contributed by atoms with Crippen LogP contribution in [-0.4, -0.2) is 5.94 Å². The quantitative estimate of drug-likeness (QED) is 0.463. The maximum absolute atomic E-state index is 11.2. The second-order valence-corrected chi connectivity index (χ2v) is 2.28. The summed E-state index contributed by atoms with van der Waals surface area (Å²) < 4.78 is 0. The molecule has 13 heavy (non-hydrogen) atoms. The van der Waals surface area contributed by atoms with E-state index in [9.17, 15) is 9.59 Å². The molecule has 0 aliphatic rings. The van der Waals surface area contributed by atoms with Crippen LogP contribution in [0.1, 0.15) is 5.56 Å². The third-order valence-electron chi connectivity index (χ3n) is 1.48. The van der Waals surface area contributed by atoms with Crippen molar-refractivity contribution in [2.45, 2.75) is 0 Å². The summed E-state index contributed by atoms with van der Waals surface area (Å²) in [6, 6.07) is 9.11. The monoisotopic (exact) mass is 171 g/mol. The van der Waals surface area contributed by atoms with Gasteiger partial charge in [-0.25, -0.2) is 4.79 Å². The Morgan fingerprint density at radius 3 is 2.54 bits per heavy atom. The second kappa shape index (κ2) is 4.01. The summed E-state index contributed by atoms with van der Waals surface area (Å²) in [4.78, 5) is 21.5. The Bertz CT molecular complexity index is 465. The van der Waals surface area contributed by atoms with E-state index in [1.54, 1.807) is 24.3 Å². The molecule has 1 rings (SSSR count). The summed E-state index contributed by atoms with van der Waals surface area (Å²) in [5, 5.41) is 8.50. The molecule has 0 aliphatic carbocycles. The molecule has 3 nitrogen and oxygen atoms in total. The molecule has 0 radical (unpaired) electrons. The van der Waals surface area contributed by atoms with Crippen molar-refractivity contribution in [1.82, 2.24) is 0 Å². The molecule has 0 amide bonds. The fraction of sp³-hybridized carbons (Fsp3) is 0. The highest BCUT2D eigenvalue weighted by atomic mass is 16.1. The smallest absolute Gasteiger partial charge is 0.187 e. The van der Waals surface area contributed by atoms with Gasteiger partial charge in [0.15, 0.2) is 5.43 Å². The van der Waals surface area contributed by atoms with Gasteiger partial charge < -0.3 is 0 Å². The fourth-order valence-corrected chi connectivity index (χ4v) is 0.875. The number of carbonyl (C=O) groups excluding carboxylic acids is 1. The Hall–Kier alpha value is -2.17. The minimum atomic E-state index is -0.357. The molecule has 0 saturated heterocycles. The molecule has 0 saturated carbocycles. The van der Waals surface area contributed by atoms with E-state index in [0.717, 1.165) is 0 Å². The third kappa shape index (κ3) is 1.90. The zero-order chi connectivity index (χ0) is 9.68. The van der Waals surface area contributed by atoms with Crippen molar-refractivity contribution in [3.63, 3.8) is 0 Å². The minimum absolute atomic E-state index is 0.0856. The first-order valence-corrected chi connectivity index (χ1v) is 3.54. The number of allylic oxidation sites excluding steroid dienone is 1. The Labute approximate surface area is 74.6 Å². The van der Waals surface area contributed by atoms with E-state index in [2.05, 4.69) is 0 Å². The van der Waals surface area contributed by atoms with Gasteiger partial charge >= 0.3 is 0 Å². The molecule has 3 heteroatoms. The van der Waals surface area contributed by atoms with Crippen LogP contribution in [0, 0.1) is 11.3 Å². The number of hydrogen-bond acceptors (Lipinski definition) is 3. The molecular weight excluding hydrogens is 166 g/mol. The molecule has 0 bridgehead atoms. The normalized spacial score (nSPS) is 8.23. The summed E-state index contributed by atoms with van der Waals surface area (Å²) in [6.07, 6.45) is 0. The number of rotatable bonds is 1. The summed E-state index contributed by atoms with van der Waals surface area (Å²) >= 11 is 0. The van der Waals surface area contributed by atoms with Gasteiger partial charge in [-0.2, -0.15) is 5.26 Å². The predicted octanol–water partition coefficient (Wildman–Crippen LogP) is 0.785. The molecule has 0 unspecified atom stereocenters. The number of hydrogen-bond donors (Lipinski definition) is 0. The Morgan fingerprint density at radius 1 is 1.23 bits per heavy atom. The van der Waals surface area contributed by atoms with Crippen LogP contribution in [-0.2, 0) is 4.79 Å². The van der Waals surface area contributed by atoms with Gasteiger partial charge in [0.1, 0.15) is 17.6 Å². The van der Waals surface area contributed by atoms with E-state index in [0.29, 0.717) is 0 Å². The summed E-state index contributed by atoms with van der Waals surface area (Å²) in [7, 11) is 0. The van der Waals surface area contributed by atoms with Gasteiger partial charge in [0.05, 0.1) is 5.56 Å². The van der Waals surface area contributed by atoms with Crippen LogP contribution in [0.2, 0.25) is 0 Å². The van der Waals surface area contributed by atoms with E-state index >= 15 is 0 Å². The maximum atomic E-state index is 11.2. The zero-order valence-electron chi connectivity index (χ0n) is 6.65. The Morgan fingerprint density at radius 2 is 1.92 bits per heavy atom. The molecule has 0 N–H and O–H groups in total. The largest absolute Gasteiger partial charge is 0.289 e. The van der Waals surface area contributed by atoms with Crippen molar-refractivity contribution in [2.75, 3.05) is 0 Å². The maximum Gasteiger partial charge on any atom is 0.187 e. The number of nitrogens with zero attached hydrogens (tertiary/aromatic N) is 1. The van der Waals surface area contributed by atoms with Gasteiger partial charge in [0.2, 0.25) is 0 Å². The Kier molecular flexibility index (Phi) is 2.75. The molecule has 0 aliphatic heterocycles. The fourth-order valence-electron chi connectivity index (χ4n) is 0.875. The van der Waals surface area contributed by atoms with Crippen LogP contribution in [0.25, 0.3) is 5.57 Å². The highest BCUT2D eigenvalue weighted by Crippen LogP contribution is 2.02. The first kappa shape index (κ1) is 8.92. The first-order valence-electron chi connectivity index (χ1n) is 3.54. The van der Waals surface area contributed by atoms with Crippen LogP contribution in [0.5, 0.6) is 0 Å². The zero-order valence-corrected chi connectivity index (χ0v) is 6.65. The molecule has 0 spiro atoms. The lowest BCUT2D eigenvalue weighted by atomic mass is 10.1. The SMILES string of the molecule is N#CC(=C=O)c1cccccc1=O. The highest BCUT2D eigenvalue weighted by molar-refractivity contribution is 5.95. The van der Waals surface area contributed by atoms with Crippen LogP contribution >= 0.6 is 0 Å². The molecular formula is C10H5NO2. The van der Waals surface area contributed by atoms with E-state index in [1.807, 2.05) is 0 Å². The van der Waals surface area contributed by atoms with Crippen molar-refractivity contribution in [3.8, 4) is 6.07 Å². The van der Waals surface area contributed by atoms with Gasteiger partial charge in [-0.15, -0.1) is 0 Å². The second-order valence-electron chi connectivity index (χ2n) is 2.28. The van der Waals surface area contributed by atoms with Crippen LogP contribution in [0.4, 0.5) is 0 Å². The van der Waals surface area contributed by atoms with E-state index in [1.165, 1.54) is 18.1 Å². The van der Waals surface area contributed by atoms with Crippen LogP contribution in [0.3, 0.4) is 0 Å². The lowest BCUT2D eigenvalue weighted by Gasteiger charge is -1.84. The average molecular weight is 171 g/mol. The highest BCUT2D eigenvalue weighted by Gasteiger charge is 2.03. The third-order valence-corrected chi connectivity index (χ3v) is 1.48. The standard InChI is InChI=1S/C10H5NO2/c11-6-8(7-12)9-4-2-1-3-5-10(9)13/h1-5H. The lowest BCUT2D eigenvalue weighted by molar-refractivity contribution is 0.569. The molecule has 0 aromatic heterocycles. The van der Waals surface area contributed by atoms with Crippen LogP contribution < -0.4 is 5.43 Å². The van der Waals surface area contributed by atoms with Gasteiger partial charge in [-0.05, 0) is 12.1 Å².